The summed E-state index contributed by atoms with van der Waals surface area (Å²) >= 11 is 18.0. The SMILES string of the molecule is Cc1cc(C)cc(C(=O)N(NSC(Cl)(Cl)Cl)C(C)(C)C)c1. The van der Waals surface area contributed by atoms with Crippen LogP contribution >= 0.6 is 46.8 Å². The highest BCUT2D eigenvalue weighted by Gasteiger charge is 2.31. The minimum atomic E-state index is -1.55. The van der Waals surface area contributed by atoms with Gasteiger partial charge in [0.2, 0.25) is 0 Å². The first-order chi connectivity index (χ1) is 9.40. The molecule has 1 N–H and O–H groups in total. The Kier molecular flexibility index (Phi) is 6.28. The van der Waals surface area contributed by atoms with Crippen molar-refractivity contribution in [3.63, 3.8) is 0 Å². The number of nitrogens with one attached hydrogen (secondary N) is 1. The topological polar surface area (TPSA) is 32.3 Å². The molecule has 0 saturated heterocycles. The van der Waals surface area contributed by atoms with Crippen LogP contribution in [-0.4, -0.2) is 19.6 Å². The predicted molar refractivity (Wildman–Crippen MR) is 92.9 cm³/mol. The van der Waals surface area contributed by atoms with Crippen molar-refractivity contribution in [1.82, 2.24) is 9.84 Å². The van der Waals surface area contributed by atoms with E-state index in [-0.39, 0.29) is 5.91 Å². The molecule has 1 rings (SSSR count). The molecule has 0 bridgehead atoms. The highest BCUT2D eigenvalue weighted by Crippen LogP contribution is 2.37. The second-order valence-corrected chi connectivity index (χ2v) is 9.78. The van der Waals surface area contributed by atoms with Gasteiger partial charge in [0, 0.05) is 5.56 Å². The molecule has 1 amide bonds. The van der Waals surface area contributed by atoms with Crippen molar-refractivity contribution < 1.29 is 4.79 Å². The maximum Gasteiger partial charge on any atom is 0.269 e. The number of amides is 1. The van der Waals surface area contributed by atoms with Crippen LogP contribution < -0.4 is 4.83 Å². The largest absolute Gasteiger partial charge is 0.269 e. The van der Waals surface area contributed by atoms with E-state index in [0.29, 0.717) is 5.56 Å². The van der Waals surface area contributed by atoms with Crippen LogP contribution in [0.4, 0.5) is 0 Å². The lowest BCUT2D eigenvalue weighted by Crippen LogP contribution is -2.52. The molecule has 0 spiro atoms. The molecule has 7 heteroatoms. The Morgan fingerprint density at radius 3 is 1.95 bits per heavy atom. The number of carbonyl (C=O) groups is 1. The summed E-state index contributed by atoms with van der Waals surface area (Å²) in [6.45, 7) is 9.61. The van der Waals surface area contributed by atoms with E-state index in [4.69, 9.17) is 34.8 Å². The van der Waals surface area contributed by atoms with E-state index in [1.807, 2.05) is 52.8 Å². The summed E-state index contributed by atoms with van der Waals surface area (Å²) in [5.41, 5.74) is 2.18. The third-order valence-corrected chi connectivity index (χ3v) is 3.79. The molecule has 0 heterocycles. The van der Waals surface area contributed by atoms with Gasteiger partial charge in [0.05, 0.1) is 5.54 Å². The summed E-state index contributed by atoms with van der Waals surface area (Å²) in [4.78, 5) is 15.6. The highest BCUT2D eigenvalue weighted by atomic mass is 35.6. The first kappa shape index (κ1) is 18.9. The molecule has 0 fully saturated rings. The number of carbonyl (C=O) groups excluding carboxylic acids is 1. The van der Waals surface area contributed by atoms with E-state index in [1.54, 1.807) is 0 Å². The van der Waals surface area contributed by atoms with Crippen molar-refractivity contribution >= 4 is 52.7 Å². The van der Waals surface area contributed by atoms with E-state index in [1.165, 1.54) is 5.01 Å². The van der Waals surface area contributed by atoms with Gasteiger partial charge >= 0.3 is 0 Å². The molecular formula is C14H19Cl3N2OS. The minimum absolute atomic E-state index is 0.170. The van der Waals surface area contributed by atoms with Crippen LogP contribution in [0.5, 0.6) is 0 Å². The number of benzene rings is 1. The summed E-state index contributed by atoms with van der Waals surface area (Å²) in [6.07, 6.45) is 0. The van der Waals surface area contributed by atoms with E-state index in [2.05, 4.69) is 4.83 Å². The number of rotatable bonds is 3. The zero-order valence-electron chi connectivity index (χ0n) is 12.6. The molecule has 0 aromatic heterocycles. The van der Waals surface area contributed by atoms with Crippen molar-refractivity contribution in [2.45, 2.75) is 43.3 Å². The Morgan fingerprint density at radius 2 is 1.57 bits per heavy atom. The maximum atomic E-state index is 12.7. The Labute approximate surface area is 145 Å². The average molecular weight is 370 g/mol. The molecule has 0 saturated carbocycles. The molecule has 3 nitrogen and oxygen atoms in total. The van der Waals surface area contributed by atoms with Gasteiger partial charge in [0.25, 0.3) is 9.03 Å². The quantitative estimate of drug-likeness (QED) is 0.461. The molecule has 0 unspecified atom stereocenters. The Bertz CT molecular complexity index is 504. The minimum Gasteiger partial charge on any atom is -0.268 e. The van der Waals surface area contributed by atoms with Crippen LogP contribution in [0.3, 0.4) is 0 Å². The van der Waals surface area contributed by atoms with E-state index < -0.39 is 8.66 Å². The van der Waals surface area contributed by atoms with Crippen molar-refractivity contribution in [3.05, 3.63) is 34.9 Å². The van der Waals surface area contributed by atoms with Crippen molar-refractivity contribution in [2.75, 3.05) is 0 Å². The number of halogens is 3. The molecule has 0 aliphatic rings. The molecule has 0 radical (unpaired) electrons. The monoisotopic (exact) mass is 368 g/mol. The van der Waals surface area contributed by atoms with Gasteiger partial charge in [-0.15, -0.1) is 0 Å². The molecule has 0 aliphatic heterocycles. The van der Waals surface area contributed by atoms with E-state index >= 15 is 0 Å². The molecule has 1 aromatic rings. The molecule has 0 aliphatic carbocycles. The second kappa shape index (κ2) is 6.97. The Hall–Kier alpha value is -0.130. The fourth-order valence-corrected chi connectivity index (χ4v) is 2.67. The Morgan fingerprint density at radius 1 is 1.10 bits per heavy atom. The smallest absolute Gasteiger partial charge is 0.268 e. The summed E-state index contributed by atoms with van der Waals surface area (Å²) < 4.78 is -1.55. The zero-order valence-corrected chi connectivity index (χ0v) is 15.7. The van der Waals surface area contributed by atoms with Crippen molar-refractivity contribution in [2.24, 2.45) is 0 Å². The fourth-order valence-electron chi connectivity index (χ4n) is 1.81. The van der Waals surface area contributed by atoms with Gasteiger partial charge in [-0.3, -0.25) is 9.80 Å². The summed E-state index contributed by atoms with van der Waals surface area (Å²) in [6, 6.07) is 5.70. The first-order valence-electron chi connectivity index (χ1n) is 6.33. The van der Waals surface area contributed by atoms with Gasteiger partial charge in [-0.25, -0.2) is 0 Å². The third kappa shape index (κ3) is 6.25. The lowest BCUT2D eigenvalue weighted by atomic mass is 10.0. The third-order valence-electron chi connectivity index (χ3n) is 2.60. The summed E-state index contributed by atoms with van der Waals surface area (Å²) in [5, 5.41) is 1.47. The standard InChI is InChI=1S/C14H19Cl3N2OS/c1-9-6-10(2)8-11(7-9)12(20)19(13(3,4)5)18-21-14(15,16)17/h6-8,18H,1-5H3. The van der Waals surface area contributed by atoms with Gasteiger partial charge in [-0.2, -0.15) is 4.83 Å². The lowest BCUT2D eigenvalue weighted by Gasteiger charge is -2.36. The summed E-state index contributed by atoms with van der Waals surface area (Å²) in [5.74, 6) is -0.170. The normalized spacial score (nSPS) is 12.4. The van der Waals surface area contributed by atoms with Crippen LogP contribution in [-0.2, 0) is 0 Å². The highest BCUT2D eigenvalue weighted by molar-refractivity contribution is 8.02. The molecule has 118 valence electrons. The first-order valence-corrected chi connectivity index (χ1v) is 8.28. The number of aryl methyl sites for hydroxylation is 2. The number of alkyl halides is 3. The lowest BCUT2D eigenvalue weighted by molar-refractivity contribution is 0.0525. The van der Waals surface area contributed by atoms with E-state index in [0.717, 1.165) is 23.1 Å². The van der Waals surface area contributed by atoms with Crippen LogP contribution in [0, 0.1) is 13.8 Å². The van der Waals surface area contributed by atoms with Gasteiger partial charge in [0.15, 0.2) is 0 Å². The van der Waals surface area contributed by atoms with Crippen LogP contribution in [0.2, 0.25) is 0 Å². The number of hydrogen-bond acceptors (Lipinski definition) is 3. The molecule has 1 aromatic carbocycles. The van der Waals surface area contributed by atoms with Gasteiger partial charge in [0.1, 0.15) is 0 Å². The van der Waals surface area contributed by atoms with Crippen molar-refractivity contribution in [3.8, 4) is 0 Å². The van der Waals surface area contributed by atoms with Crippen LogP contribution in [0.1, 0.15) is 42.3 Å². The number of hydrogen-bond donors (Lipinski definition) is 1. The van der Waals surface area contributed by atoms with Gasteiger partial charge in [-0.05, 0) is 58.7 Å². The predicted octanol–water partition coefficient (Wildman–Crippen LogP) is 5.02. The maximum absolute atomic E-state index is 12.7. The van der Waals surface area contributed by atoms with Crippen LogP contribution in [0.15, 0.2) is 18.2 Å². The van der Waals surface area contributed by atoms with E-state index in [9.17, 15) is 4.79 Å². The fraction of sp³-hybridized carbons (Fsp3) is 0.500. The number of nitrogens with zero attached hydrogens (tertiary/aromatic N) is 1. The van der Waals surface area contributed by atoms with Crippen molar-refractivity contribution in [1.29, 1.82) is 0 Å². The van der Waals surface area contributed by atoms with Crippen LogP contribution in [0.25, 0.3) is 0 Å². The second-order valence-electron chi connectivity index (χ2n) is 5.83. The molecule has 0 atom stereocenters. The zero-order chi connectivity index (χ0) is 16.4. The molecule has 21 heavy (non-hydrogen) atoms. The molecular weight excluding hydrogens is 351 g/mol. The van der Waals surface area contributed by atoms with Gasteiger partial charge < -0.3 is 0 Å². The number of hydrazine groups is 1. The summed E-state index contributed by atoms with van der Waals surface area (Å²) in [7, 11) is 0. The Balaban J connectivity index is 3.05. The van der Waals surface area contributed by atoms with Gasteiger partial charge in [-0.1, -0.05) is 52.0 Å². The average Bonchev–Trinajstić information content (AvgIpc) is 2.23.